The molecule has 0 bridgehead atoms. The van der Waals surface area contributed by atoms with Crippen LogP contribution in [0, 0.1) is 0 Å². The number of nitrogens with zero attached hydrogens (tertiary/aromatic N) is 1. The van der Waals surface area contributed by atoms with Gasteiger partial charge in [-0.2, -0.15) is 0 Å². The number of aromatic nitrogens is 1. The number of carbonyl (C=O) groups is 1. The van der Waals surface area contributed by atoms with Crippen molar-refractivity contribution in [2.75, 3.05) is 12.1 Å². The van der Waals surface area contributed by atoms with Crippen molar-refractivity contribution in [1.82, 2.24) is 4.57 Å². The lowest BCUT2D eigenvalue weighted by Gasteiger charge is -2.06. The van der Waals surface area contributed by atoms with Crippen LogP contribution in [0.3, 0.4) is 0 Å². The molecule has 0 fully saturated rings. The molecular formula is C14H12N2O4. The summed E-state index contributed by atoms with van der Waals surface area (Å²) in [6, 6.07) is 8.00. The van der Waals surface area contributed by atoms with Gasteiger partial charge in [0.15, 0.2) is 11.5 Å². The molecule has 1 aromatic heterocycles. The van der Waals surface area contributed by atoms with Crippen molar-refractivity contribution in [3.8, 4) is 11.5 Å². The molecule has 1 amide bonds. The van der Waals surface area contributed by atoms with Crippen molar-refractivity contribution in [3.63, 3.8) is 0 Å². The molecule has 0 unspecified atom stereocenters. The van der Waals surface area contributed by atoms with E-state index >= 15 is 0 Å². The molecule has 20 heavy (non-hydrogen) atoms. The Morgan fingerprint density at radius 3 is 2.80 bits per heavy atom. The highest BCUT2D eigenvalue weighted by molar-refractivity contribution is 6.04. The third kappa shape index (κ3) is 2.23. The zero-order valence-electron chi connectivity index (χ0n) is 10.8. The van der Waals surface area contributed by atoms with Crippen LogP contribution in [0.5, 0.6) is 11.5 Å². The zero-order valence-corrected chi connectivity index (χ0v) is 10.8. The lowest BCUT2D eigenvalue weighted by molar-refractivity contribution is 0.102. The fraction of sp³-hybridized carbons (Fsp3) is 0.143. The number of fused-ring (bicyclic) bond motifs is 1. The average molecular weight is 272 g/mol. The number of amides is 1. The molecule has 0 aliphatic carbocycles. The number of ether oxygens (including phenoxy) is 2. The lowest BCUT2D eigenvalue weighted by Crippen LogP contribution is -2.19. The molecule has 6 nitrogen and oxygen atoms in total. The summed E-state index contributed by atoms with van der Waals surface area (Å²) >= 11 is 0. The first kappa shape index (κ1) is 12.3. The summed E-state index contributed by atoms with van der Waals surface area (Å²) in [6.07, 6.45) is 1.55. The van der Waals surface area contributed by atoms with Gasteiger partial charge in [0.25, 0.3) is 11.5 Å². The van der Waals surface area contributed by atoms with Gasteiger partial charge < -0.3 is 19.4 Å². The van der Waals surface area contributed by atoms with Crippen LogP contribution in [0.2, 0.25) is 0 Å². The number of anilines is 1. The Hall–Kier alpha value is -2.76. The summed E-state index contributed by atoms with van der Waals surface area (Å²) in [5, 5.41) is 2.71. The number of hydrogen-bond donors (Lipinski definition) is 1. The summed E-state index contributed by atoms with van der Waals surface area (Å²) in [7, 11) is 1.63. The van der Waals surface area contributed by atoms with Gasteiger partial charge in [0.05, 0.1) is 0 Å². The predicted molar refractivity (Wildman–Crippen MR) is 72.2 cm³/mol. The van der Waals surface area contributed by atoms with E-state index in [1.807, 2.05) is 0 Å². The Bertz CT molecular complexity index is 736. The van der Waals surface area contributed by atoms with Crippen LogP contribution < -0.4 is 20.3 Å². The third-order valence-electron chi connectivity index (χ3n) is 3.00. The van der Waals surface area contributed by atoms with Gasteiger partial charge in [0, 0.05) is 36.6 Å². The van der Waals surface area contributed by atoms with Gasteiger partial charge in [-0.3, -0.25) is 9.59 Å². The number of benzene rings is 1. The monoisotopic (exact) mass is 272 g/mol. The number of hydrogen-bond acceptors (Lipinski definition) is 4. The van der Waals surface area contributed by atoms with Gasteiger partial charge in [-0.1, -0.05) is 0 Å². The molecule has 2 heterocycles. The van der Waals surface area contributed by atoms with Crippen LogP contribution in [0.15, 0.2) is 41.3 Å². The average Bonchev–Trinajstić information content (AvgIpc) is 2.89. The van der Waals surface area contributed by atoms with Crippen molar-refractivity contribution in [2.45, 2.75) is 0 Å². The van der Waals surface area contributed by atoms with E-state index in [1.54, 1.807) is 37.5 Å². The number of rotatable bonds is 2. The molecule has 3 rings (SSSR count). The van der Waals surface area contributed by atoms with Crippen LogP contribution in [-0.2, 0) is 7.05 Å². The Morgan fingerprint density at radius 2 is 2.00 bits per heavy atom. The minimum absolute atomic E-state index is 0.182. The molecule has 0 saturated heterocycles. The molecule has 1 N–H and O–H groups in total. The van der Waals surface area contributed by atoms with Crippen LogP contribution in [-0.4, -0.2) is 17.3 Å². The molecule has 102 valence electrons. The Kier molecular flexibility index (Phi) is 2.90. The van der Waals surface area contributed by atoms with E-state index in [0.29, 0.717) is 22.7 Å². The van der Waals surface area contributed by atoms with Crippen LogP contribution in [0.25, 0.3) is 0 Å². The summed E-state index contributed by atoms with van der Waals surface area (Å²) < 4.78 is 11.8. The van der Waals surface area contributed by atoms with E-state index in [0.717, 1.165) is 0 Å². The largest absolute Gasteiger partial charge is 0.454 e. The van der Waals surface area contributed by atoms with E-state index < -0.39 is 0 Å². The number of carbonyl (C=O) groups excluding carboxylic acids is 1. The predicted octanol–water partition coefficient (Wildman–Crippen LogP) is 1.37. The first-order valence-electron chi connectivity index (χ1n) is 6.01. The fourth-order valence-electron chi connectivity index (χ4n) is 1.87. The van der Waals surface area contributed by atoms with Crippen molar-refractivity contribution in [1.29, 1.82) is 0 Å². The highest BCUT2D eigenvalue weighted by Gasteiger charge is 2.14. The molecule has 0 radical (unpaired) electrons. The Balaban J connectivity index is 1.82. The number of nitrogens with one attached hydrogen (secondary N) is 1. The molecule has 1 aliphatic rings. The maximum Gasteiger partial charge on any atom is 0.255 e. The number of aryl methyl sites for hydroxylation is 1. The van der Waals surface area contributed by atoms with E-state index in [2.05, 4.69) is 5.32 Å². The van der Waals surface area contributed by atoms with Gasteiger partial charge in [-0.05, 0) is 18.2 Å². The fourth-order valence-corrected chi connectivity index (χ4v) is 1.87. The zero-order chi connectivity index (χ0) is 14.1. The van der Waals surface area contributed by atoms with Gasteiger partial charge in [-0.15, -0.1) is 0 Å². The van der Waals surface area contributed by atoms with E-state index in [1.165, 1.54) is 10.6 Å². The van der Waals surface area contributed by atoms with Crippen molar-refractivity contribution < 1.29 is 14.3 Å². The first-order valence-corrected chi connectivity index (χ1v) is 6.01. The smallest absolute Gasteiger partial charge is 0.255 e. The Morgan fingerprint density at radius 1 is 1.20 bits per heavy atom. The summed E-state index contributed by atoms with van der Waals surface area (Å²) in [5.41, 5.74) is 0.661. The SMILES string of the molecule is Cn1ccc(C(=O)Nc2ccc3c(c2)OCO3)cc1=O. The first-order chi connectivity index (χ1) is 9.63. The molecule has 1 aliphatic heterocycles. The van der Waals surface area contributed by atoms with Gasteiger partial charge in [0.1, 0.15) is 0 Å². The molecule has 0 saturated carbocycles. The third-order valence-corrected chi connectivity index (χ3v) is 3.00. The second-order valence-corrected chi connectivity index (χ2v) is 4.39. The minimum Gasteiger partial charge on any atom is -0.454 e. The van der Waals surface area contributed by atoms with E-state index in [9.17, 15) is 9.59 Å². The summed E-state index contributed by atoms with van der Waals surface area (Å²) in [4.78, 5) is 23.5. The van der Waals surface area contributed by atoms with Crippen LogP contribution in [0.1, 0.15) is 10.4 Å². The van der Waals surface area contributed by atoms with Gasteiger partial charge in [-0.25, -0.2) is 0 Å². The molecule has 6 heteroatoms. The maximum absolute atomic E-state index is 12.0. The molecule has 0 atom stereocenters. The molecule has 1 aromatic carbocycles. The molecule has 0 spiro atoms. The van der Waals surface area contributed by atoms with Crippen molar-refractivity contribution in [3.05, 3.63) is 52.4 Å². The van der Waals surface area contributed by atoms with Crippen molar-refractivity contribution >= 4 is 11.6 Å². The highest BCUT2D eigenvalue weighted by Crippen LogP contribution is 2.34. The maximum atomic E-state index is 12.0. The number of pyridine rings is 1. The second-order valence-electron chi connectivity index (χ2n) is 4.39. The van der Waals surface area contributed by atoms with Crippen LogP contribution in [0.4, 0.5) is 5.69 Å². The molecular weight excluding hydrogens is 260 g/mol. The Labute approximate surface area is 114 Å². The van der Waals surface area contributed by atoms with E-state index in [-0.39, 0.29) is 18.3 Å². The molecule has 2 aromatic rings. The quantitative estimate of drug-likeness (QED) is 0.896. The summed E-state index contributed by atoms with van der Waals surface area (Å²) in [5.74, 6) is 0.893. The minimum atomic E-state index is -0.346. The highest BCUT2D eigenvalue weighted by atomic mass is 16.7. The second kappa shape index (κ2) is 4.73. The standard InChI is InChI=1S/C14H12N2O4/c1-16-5-4-9(6-13(16)17)14(18)15-10-2-3-11-12(7-10)20-8-19-11/h2-7H,8H2,1H3,(H,15,18). The van der Waals surface area contributed by atoms with Crippen molar-refractivity contribution in [2.24, 2.45) is 7.05 Å². The van der Waals surface area contributed by atoms with Gasteiger partial charge >= 0.3 is 0 Å². The lowest BCUT2D eigenvalue weighted by atomic mass is 10.2. The topological polar surface area (TPSA) is 69.6 Å². The van der Waals surface area contributed by atoms with Gasteiger partial charge in [0.2, 0.25) is 6.79 Å². The van der Waals surface area contributed by atoms with E-state index in [4.69, 9.17) is 9.47 Å². The summed E-state index contributed by atoms with van der Waals surface area (Å²) in [6.45, 7) is 0.182. The normalized spacial score (nSPS) is 12.2. The van der Waals surface area contributed by atoms with Crippen LogP contribution >= 0.6 is 0 Å².